The maximum absolute atomic E-state index is 12.6. The minimum atomic E-state index is -0.827. The van der Waals surface area contributed by atoms with Gasteiger partial charge in [-0.1, -0.05) is 24.3 Å². The molecule has 31 heavy (non-hydrogen) atoms. The third-order valence-electron chi connectivity index (χ3n) is 4.14. The monoisotopic (exact) mass is 440 g/mol. The van der Waals surface area contributed by atoms with Gasteiger partial charge in [-0.2, -0.15) is 0 Å². The number of amides is 1. The average Bonchev–Trinajstić information content (AvgIpc) is 3.32. The molecular formula is C21H16N2O7S. The molecule has 158 valence electrons. The highest BCUT2D eigenvalue weighted by atomic mass is 32.1. The van der Waals surface area contributed by atoms with Crippen molar-refractivity contribution < 1.29 is 28.8 Å². The minimum Gasteiger partial charge on any atom is -0.494 e. The van der Waals surface area contributed by atoms with Crippen LogP contribution in [-0.4, -0.2) is 36.3 Å². The molecule has 0 aliphatic heterocycles. The van der Waals surface area contributed by atoms with Gasteiger partial charge in [0, 0.05) is 11.6 Å². The summed E-state index contributed by atoms with van der Waals surface area (Å²) < 4.78 is 10.1. The van der Waals surface area contributed by atoms with E-state index in [4.69, 9.17) is 9.47 Å². The number of nitro groups is 1. The molecule has 3 aromatic rings. The number of carbonyl (C=O) groups is 3. The largest absolute Gasteiger partial charge is 0.494 e. The molecule has 1 heterocycles. The molecular weight excluding hydrogens is 424 g/mol. The third-order valence-corrected chi connectivity index (χ3v) is 5.01. The fourth-order valence-electron chi connectivity index (χ4n) is 2.69. The summed E-state index contributed by atoms with van der Waals surface area (Å²) in [6.45, 7) is -0.625. The molecule has 9 nitrogen and oxygen atoms in total. The van der Waals surface area contributed by atoms with Crippen molar-refractivity contribution in [3.05, 3.63) is 86.1 Å². The van der Waals surface area contributed by atoms with Gasteiger partial charge in [0.1, 0.15) is 5.75 Å². The number of benzene rings is 2. The lowest BCUT2D eigenvalue weighted by Crippen LogP contribution is -2.22. The Bertz CT molecular complexity index is 1140. The van der Waals surface area contributed by atoms with Gasteiger partial charge in [-0.05, 0) is 23.6 Å². The van der Waals surface area contributed by atoms with Crippen molar-refractivity contribution in [2.45, 2.75) is 0 Å². The van der Waals surface area contributed by atoms with Crippen LogP contribution in [0.4, 0.5) is 11.4 Å². The topological polar surface area (TPSA) is 125 Å². The standard InChI is InChI=1S/C21H16N2O7S/c1-29-17-11-13(23(27)28)8-9-16(17)22-19(24)12-30-21(26)15-6-3-2-5-14(15)20(25)18-7-4-10-31-18/h2-11H,12H2,1H3,(H,22,24). The molecule has 0 spiro atoms. The summed E-state index contributed by atoms with van der Waals surface area (Å²) in [6.07, 6.45) is 0. The van der Waals surface area contributed by atoms with Crippen LogP contribution in [0, 0.1) is 10.1 Å². The van der Waals surface area contributed by atoms with Crippen molar-refractivity contribution in [2.24, 2.45) is 0 Å². The van der Waals surface area contributed by atoms with E-state index >= 15 is 0 Å². The number of carbonyl (C=O) groups excluding carboxylic acids is 3. The number of methoxy groups -OCH3 is 1. The van der Waals surface area contributed by atoms with Crippen molar-refractivity contribution in [1.29, 1.82) is 0 Å². The fraction of sp³-hybridized carbons (Fsp3) is 0.0952. The summed E-state index contributed by atoms with van der Waals surface area (Å²) in [6, 6.07) is 13.2. The minimum absolute atomic E-state index is 0.0432. The predicted octanol–water partition coefficient (Wildman–Crippen LogP) is 3.69. The Morgan fingerprint density at radius 1 is 1.06 bits per heavy atom. The molecule has 0 radical (unpaired) electrons. The lowest BCUT2D eigenvalue weighted by Gasteiger charge is -2.11. The van der Waals surface area contributed by atoms with Crippen LogP contribution in [0.5, 0.6) is 5.75 Å². The van der Waals surface area contributed by atoms with Crippen LogP contribution in [0.1, 0.15) is 25.6 Å². The maximum atomic E-state index is 12.6. The molecule has 2 aromatic carbocycles. The van der Waals surface area contributed by atoms with Crippen molar-refractivity contribution in [3.63, 3.8) is 0 Å². The maximum Gasteiger partial charge on any atom is 0.339 e. The molecule has 1 amide bonds. The summed E-state index contributed by atoms with van der Waals surface area (Å²) in [5.41, 5.74) is 0.199. The number of esters is 1. The fourth-order valence-corrected chi connectivity index (χ4v) is 3.37. The number of non-ortho nitro benzene ring substituents is 1. The number of ether oxygens (including phenoxy) is 2. The molecule has 0 aliphatic carbocycles. The smallest absolute Gasteiger partial charge is 0.339 e. The van der Waals surface area contributed by atoms with Gasteiger partial charge in [0.15, 0.2) is 6.61 Å². The SMILES string of the molecule is COc1cc([N+](=O)[O-])ccc1NC(=O)COC(=O)c1ccccc1C(=O)c1cccs1. The molecule has 1 aromatic heterocycles. The number of anilines is 1. The zero-order valence-corrected chi connectivity index (χ0v) is 17.0. The highest BCUT2D eigenvalue weighted by Crippen LogP contribution is 2.29. The normalized spacial score (nSPS) is 10.2. The Balaban J connectivity index is 1.67. The van der Waals surface area contributed by atoms with E-state index in [2.05, 4.69) is 5.32 Å². The molecule has 3 rings (SSSR count). The van der Waals surface area contributed by atoms with E-state index in [-0.39, 0.29) is 34.0 Å². The number of hydrogen-bond acceptors (Lipinski definition) is 8. The van der Waals surface area contributed by atoms with Crippen molar-refractivity contribution in [1.82, 2.24) is 0 Å². The van der Waals surface area contributed by atoms with Crippen LogP contribution < -0.4 is 10.1 Å². The first kappa shape index (κ1) is 21.7. The molecule has 0 aliphatic rings. The predicted molar refractivity (Wildman–Crippen MR) is 113 cm³/mol. The third kappa shape index (κ3) is 5.11. The van der Waals surface area contributed by atoms with E-state index in [0.29, 0.717) is 4.88 Å². The van der Waals surface area contributed by atoms with Gasteiger partial charge < -0.3 is 14.8 Å². The molecule has 10 heteroatoms. The van der Waals surface area contributed by atoms with Gasteiger partial charge in [-0.25, -0.2) is 4.79 Å². The first-order chi connectivity index (χ1) is 14.9. The summed E-state index contributed by atoms with van der Waals surface area (Å²) in [7, 11) is 1.30. The van der Waals surface area contributed by atoms with E-state index in [1.807, 2.05) is 0 Å². The number of nitro benzene ring substituents is 1. The van der Waals surface area contributed by atoms with Crippen LogP contribution in [0.2, 0.25) is 0 Å². The van der Waals surface area contributed by atoms with Gasteiger partial charge in [0.25, 0.3) is 11.6 Å². The van der Waals surface area contributed by atoms with E-state index in [0.717, 1.165) is 6.07 Å². The van der Waals surface area contributed by atoms with Gasteiger partial charge in [0.2, 0.25) is 5.78 Å². The number of ketones is 1. The van der Waals surface area contributed by atoms with Crippen LogP contribution in [-0.2, 0) is 9.53 Å². The second-order valence-corrected chi connectivity index (χ2v) is 7.07. The quantitative estimate of drug-likeness (QED) is 0.245. The Morgan fingerprint density at radius 2 is 1.81 bits per heavy atom. The lowest BCUT2D eigenvalue weighted by molar-refractivity contribution is -0.384. The van der Waals surface area contributed by atoms with E-state index in [1.165, 1.54) is 42.7 Å². The molecule has 0 fully saturated rings. The molecule has 0 atom stereocenters. The summed E-state index contributed by atoms with van der Waals surface area (Å²) >= 11 is 1.25. The van der Waals surface area contributed by atoms with Crippen molar-refractivity contribution in [2.75, 3.05) is 19.0 Å². The Labute approximate surface area is 180 Å². The van der Waals surface area contributed by atoms with Gasteiger partial charge in [-0.15, -0.1) is 11.3 Å². The van der Waals surface area contributed by atoms with Crippen LogP contribution in [0.3, 0.4) is 0 Å². The number of hydrogen-bond donors (Lipinski definition) is 1. The second kappa shape index (κ2) is 9.63. The van der Waals surface area contributed by atoms with Gasteiger partial charge in [0.05, 0.1) is 34.2 Å². The molecule has 0 unspecified atom stereocenters. The van der Waals surface area contributed by atoms with Crippen LogP contribution >= 0.6 is 11.3 Å². The zero-order valence-electron chi connectivity index (χ0n) is 16.2. The van der Waals surface area contributed by atoms with Crippen LogP contribution in [0.15, 0.2) is 60.0 Å². The first-order valence-electron chi connectivity index (χ1n) is 8.87. The lowest BCUT2D eigenvalue weighted by atomic mass is 10.0. The zero-order chi connectivity index (χ0) is 22.4. The molecule has 0 saturated heterocycles. The first-order valence-corrected chi connectivity index (χ1v) is 9.75. The van der Waals surface area contributed by atoms with Crippen LogP contribution in [0.25, 0.3) is 0 Å². The van der Waals surface area contributed by atoms with E-state index < -0.39 is 23.4 Å². The van der Waals surface area contributed by atoms with E-state index in [1.54, 1.807) is 29.6 Å². The Morgan fingerprint density at radius 3 is 2.45 bits per heavy atom. The molecule has 0 bridgehead atoms. The highest BCUT2D eigenvalue weighted by Gasteiger charge is 2.21. The van der Waals surface area contributed by atoms with Crippen molar-refractivity contribution >= 4 is 40.4 Å². The number of nitrogens with zero attached hydrogens (tertiary/aromatic N) is 1. The number of rotatable bonds is 8. The summed E-state index contributed by atoms with van der Waals surface area (Å²) in [4.78, 5) is 48.0. The van der Waals surface area contributed by atoms with Gasteiger partial charge >= 0.3 is 5.97 Å². The molecule has 1 N–H and O–H groups in total. The van der Waals surface area contributed by atoms with Gasteiger partial charge in [-0.3, -0.25) is 19.7 Å². The van der Waals surface area contributed by atoms with E-state index in [9.17, 15) is 24.5 Å². The number of thiophene rings is 1. The van der Waals surface area contributed by atoms with Crippen molar-refractivity contribution in [3.8, 4) is 5.75 Å². The number of nitrogens with one attached hydrogen (secondary N) is 1. The Hall–Kier alpha value is -4.05. The second-order valence-electron chi connectivity index (χ2n) is 6.12. The highest BCUT2D eigenvalue weighted by molar-refractivity contribution is 7.12. The Kier molecular flexibility index (Phi) is 6.73. The summed E-state index contributed by atoms with van der Waals surface area (Å²) in [5, 5.41) is 15.1. The molecule has 0 saturated carbocycles. The summed E-state index contributed by atoms with van der Waals surface area (Å²) in [5.74, 6) is -1.74. The average molecular weight is 440 g/mol.